The number of rotatable bonds is 9. The number of allylic oxidation sites excluding steroid dienone is 1. The number of carbonyl (C=O) groups is 2. The van der Waals surface area contributed by atoms with Gasteiger partial charge in [-0.2, -0.15) is 26.3 Å². The molecule has 48 heavy (non-hydrogen) atoms. The predicted molar refractivity (Wildman–Crippen MR) is 170 cm³/mol. The lowest BCUT2D eigenvalue weighted by Crippen LogP contribution is -2.51. The van der Waals surface area contributed by atoms with Crippen LogP contribution < -0.4 is 4.74 Å². The highest BCUT2D eigenvalue weighted by atomic mass is 19.4. The summed E-state index contributed by atoms with van der Waals surface area (Å²) in [5.41, 5.74) is -1.54. The third kappa shape index (κ3) is 7.62. The van der Waals surface area contributed by atoms with E-state index in [4.69, 9.17) is 9.47 Å². The van der Waals surface area contributed by atoms with E-state index < -0.39 is 53.7 Å². The number of carbonyl (C=O) groups excluding carboxylic acids is 2. The summed E-state index contributed by atoms with van der Waals surface area (Å²) in [7, 11) is 0. The van der Waals surface area contributed by atoms with E-state index in [2.05, 4.69) is 40.7 Å². The predicted octanol–water partition coefficient (Wildman–Crippen LogP) is 11.0. The molecular formula is C38H50F6O4. The third-order valence-corrected chi connectivity index (χ3v) is 12.6. The molecule has 8 unspecified atom stereocenters. The van der Waals surface area contributed by atoms with Gasteiger partial charge < -0.3 is 9.47 Å². The fourth-order valence-corrected chi connectivity index (χ4v) is 10.3. The minimum absolute atomic E-state index is 0.0206. The van der Waals surface area contributed by atoms with Crippen molar-refractivity contribution in [1.82, 2.24) is 0 Å². The number of esters is 2. The van der Waals surface area contributed by atoms with Crippen molar-refractivity contribution in [2.75, 3.05) is 0 Å². The Hall–Kier alpha value is -2.52. The summed E-state index contributed by atoms with van der Waals surface area (Å²) in [6.45, 7) is 12.0. The zero-order valence-electron chi connectivity index (χ0n) is 28.7. The first-order chi connectivity index (χ1) is 22.3. The van der Waals surface area contributed by atoms with Crippen LogP contribution >= 0.6 is 0 Å². The molecule has 8 atom stereocenters. The van der Waals surface area contributed by atoms with Crippen molar-refractivity contribution in [3.63, 3.8) is 0 Å². The van der Waals surface area contributed by atoms with Crippen LogP contribution in [0.4, 0.5) is 26.3 Å². The van der Waals surface area contributed by atoms with Crippen molar-refractivity contribution in [2.24, 2.45) is 46.3 Å². The van der Waals surface area contributed by atoms with Crippen LogP contribution in [0.25, 0.3) is 0 Å². The molecule has 0 aromatic heterocycles. The van der Waals surface area contributed by atoms with Gasteiger partial charge in [0, 0.05) is 6.42 Å². The van der Waals surface area contributed by atoms with Crippen LogP contribution in [0.2, 0.25) is 0 Å². The molecule has 0 spiro atoms. The van der Waals surface area contributed by atoms with Gasteiger partial charge in [0.15, 0.2) is 0 Å². The van der Waals surface area contributed by atoms with Gasteiger partial charge in [-0.3, -0.25) is 9.59 Å². The van der Waals surface area contributed by atoms with Gasteiger partial charge in [-0.1, -0.05) is 65.5 Å². The molecule has 0 saturated heterocycles. The highest BCUT2D eigenvalue weighted by molar-refractivity contribution is 5.92. The van der Waals surface area contributed by atoms with Gasteiger partial charge in [0.05, 0.1) is 11.1 Å². The summed E-state index contributed by atoms with van der Waals surface area (Å²) in [5.74, 6) is 1.05. The van der Waals surface area contributed by atoms with Crippen molar-refractivity contribution in [3.8, 4) is 5.75 Å². The molecule has 10 heteroatoms. The minimum atomic E-state index is -5.09. The first-order valence-electron chi connectivity index (χ1n) is 17.7. The molecule has 0 heterocycles. The quantitative estimate of drug-likeness (QED) is 0.0854. The maximum atomic E-state index is 13.2. The van der Waals surface area contributed by atoms with Crippen LogP contribution in [-0.2, 0) is 26.7 Å². The summed E-state index contributed by atoms with van der Waals surface area (Å²) in [6, 6.07) is 0.548. The maximum absolute atomic E-state index is 13.2. The molecule has 0 aliphatic heterocycles. The second kappa shape index (κ2) is 13.7. The molecule has 1 aromatic carbocycles. The van der Waals surface area contributed by atoms with Crippen molar-refractivity contribution in [1.29, 1.82) is 0 Å². The summed E-state index contributed by atoms with van der Waals surface area (Å²) >= 11 is 0. The van der Waals surface area contributed by atoms with Crippen molar-refractivity contribution in [3.05, 3.63) is 41.0 Å². The highest BCUT2D eigenvalue weighted by Gasteiger charge is 2.59. The molecule has 3 saturated carbocycles. The maximum Gasteiger partial charge on any atom is 0.416 e. The van der Waals surface area contributed by atoms with E-state index in [9.17, 15) is 35.9 Å². The number of ether oxygens (including phenoxy) is 2. The fourth-order valence-electron chi connectivity index (χ4n) is 10.3. The van der Waals surface area contributed by atoms with E-state index in [1.165, 1.54) is 50.5 Å². The molecule has 0 N–H and O–H groups in total. The lowest BCUT2D eigenvalue weighted by atomic mass is 9.47. The van der Waals surface area contributed by atoms with E-state index in [1.807, 2.05) is 0 Å². The summed E-state index contributed by atoms with van der Waals surface area (Å²) in [5, 5.41) is 0. The normalized spacial score (nSPS) is 32.5. The Morgan fingerprint density at radius 3 is 2.15 bits per heavy atom. The summed E-state index contributed by atoms with van der Waals surface area (Å²) in [4.78, 5) is 25.1. The van der Waals surface area contributed by atoms with Crippen LogP contribution in [0.5, 0.6) is 5.75 Å². The van der Waals surface area contributed by atoms with Crippen LogP contribution in [0.3, 0.4) is 0 Å². The van der Waals surface area contributed by atoms with Crippen molar-refractivity contribution < 1.29 is 45.4 Å². The number of hydrogen-bond acceptors (Lipinski definition) is 4. The average Bonchev–Trinajstić information content (AvgIpc) is 3.33. The zero-order valence-corrected chi connectivity index (χ0v) is 28.7. The molecule has 0 amide bonds. The van der Waals surface area contributed by atoms with Crippen molar-refractivity contribution >= 4 is 11.9 Å². The lowest BCUT2D eigenvalue weighted by Gasteiger charge is -2.58. The number of benzene rings is 1. The summed E-state index contributed by atoms with van der Waals surface area (Å²) < 4.78 is 89.4. The molecule has 1 aromatic rings. The van der Waals surface area contributed by atoms with Crippen LogP contribution in [0, 0.1) is 46.3 Å². The Morgan fingerprint density at radius 2 is 1.52 bits per heavy atom. The van der Waals surface area contributed by atoms with Gasteiger partial charge in [0.2, 0.25) is 0 Å². The molecule has 4 nitrogen and oxygen atoms in total. The van der Waals surface area contributed by atoms with Gasteiger partial charge in [-0.15, -0.1) is 0 Å². The molecule has 5 rings (SSSR count). The topological polar surface area (TPSA) is 52.6 Å². The number of hydrogen-bond donors (Lipinski definition) is 0. The Morgan fingerprint density at radius 1 is 0.854 bits per heavy atom. The van der Waals surface area contributed by atoms with Gasteiger partial charge >= 0.3 is 24.3 Å². The number of fused-ring (bicyclic) bond motifs is 5. The first kappa shape index (κ1) is 36.8. The second-order valence-corrected chi connectivity index (χ2v) is 16.0. The van der Waals surface area contributed by atoms with Gasteiger partial charge in [-0.05, 0) is 109 Å². The highest BCUT2D eigenvalue weighted by Crippen LogP contribution is 2.67. The van der Waals surface area contributed by atoms with E-state index in [0.29, 0.717) is 48.1 Å². The summed E-state index contributed by atoms with van der Waals surface area (Å²) in [6.07, 6.45) is 2.82. The van der Waals surface area contributed by atoms with Gasteiger partial charge in [0.25, 0.3) is 0 Å². The second-order valence-electron chi connectivity index (χ2n) is 16.0. The van der Waals surface area contributed by atoms with Crippen LogP contribution in [0.15, 0.2) is 29.8 Å². The van der Waals surface area contributed by atoms with Gasteiger partial charge in [-0.25, -0.2) is 0 Å². The Labute approximate surface area is 280 Å². The van der Waals surface area contributed by atoms with E-state index in [-0.39, 0.29) is 11.5 Å². The van der Waals surface area contributed by atoms with Gasteiger partial charge in [0.1, 0.15) is 18.3 Å². The largest absolute Gasteiger partial charge is 0.462 e. The third-order valence-electron chi connectivity index (χ3n) is 12.6. The zero-order chi connectivity index (χ0) is 35.2. The fraction of sp³-hybridized carbons (Fsp3) is 0.737. The smallest absolute Gasteiger partial charge is 0.416 e. The molecular weight excluding hydrogens is 634 g/mol. The van der Waals surface area contributed by atoms with Crippen molar-refractivity contribution in [2.45, 2.75) is 130 Å². The van der Waals surface area contributed by atoms with E-state index in [0.717, 1.165) is 30.6 Å². The number of alkyl halides is 6. The molecule has 3 fully saturated rings. The molecule has 4 aliphatic rings. The Bertz CT molecular complexity index is 1350. The number of halogens is 6. The Balaban J connectivity index is 1.18. The monoisotopic (exact) mass is 684 g/mol. The van der Waals surface area contributed by atoms with Crippen LogP contribution in [0.1, 0.15) is 123 Å². The first-order valence-corrected chi connectivity index (χ1v) is 17.7. The van der Waals surface area contributed by atoms with Crippen LogP contribution in [-0.4, -0.2) is 18.0 Å². The lowest BCUT2D eigenvalue weighted by molar-refractivity contribution is -0.156. The molecule has 0 bridgehead atoms. The molecule has 268 valence electrons. The SMILES string of the molecule is CC(C)CCCC(C)C1CCC2C3CC=C4CC(OC(=O)CC(=O)Oc5cc(C(F)(F)F)cc(C(F)(F)F)c5)CCC4(C)C3CCC12C. The Kier molecular flexibility index (Phi) is 10.5. The standard InChI is InChI=1S/C38H50F6O4/c1-22(2)7-6-8-23(3)30-11-12-31-29-10-9-24-18-27(13-15-35(24,4)32(29)14-16-36(30,31)5)47-33(45)21-34(46)48-28-19-25(37(39,40)41)17-26(20-28)38(42,43)44/h9,17,19-20,22-23,27,29-32H,6-8,10-16,18,21H2,1-5H3. The molecule has 4 aliphatic carbocycles. The average molecular weight is 685 g/mol. The molecule has 0 radical (unpaired) electrons. The van der Waals surface area contributed by atoms with E-state index >= 15 is 0 Å². The van der Waals surface area contributed by atoms with E-state index in [1.54, 1.807) is 0 Å². The minimum Gasteiger partial charge on any atom is -0.462 e.